The molecule has 1 fully saturated rings. The van der Waals surface area contributed by atoms with Crippen molar-refractivity contribution < 1.29 is 9.53 Å². The zero-order chi connectivity index (χ0) is 13.8. The third-order valence-corrected chi connectivity index (χ3v) is 3.84. The molecule has 0 saturated carbocycles. The van der Waals surface area contributed by atoms with Crippen molar-refractivity contribution in [3.05, 3.63) is 42.0 Å². The van der Waals surface area contributed by atoms with Gasteiger partial charge in [-0.2, -0.15) is 0 Å². The number of carbonyl (C=O) groups is 1. The fourth-order valence-corrected chi connectivity index (χ4v) is 2.69. The first kappa shape index (κ1) is 13.2. The molecule has 1 N–H and O–H groups in total. The summed E-state index contributed by atoms with van der Waals surface area (Å²) in [6.07, 6.45) is 4.07. The van der Waals surface area contributed by atoms with E-state index in [2.05, 4.69) is 23.5 Å². The highest BCUT2D eigenvalue weighted by molar-refractivity contribution is 5.79. The second-order valence-electron chi connectivity index (χ2n) is 5.32. The summed E-state index contributed by atoms with van der Waals surface area (Å²) >= 11 is 0. The summed E-state index contributed by atoms with van der Waals surface area (Å²) in [5.74, 6) is 0. The number of urea groups is 1. The first-order valence-electron chi connectivity index (χ1n) is 7.20. The molecule has 3 rings (SSSR count). The van der Waals surface area contributed by atoms with Crippen LogP contribution in [0.25, 0.3) is 5.57 Å². The molecule has 0 aliphatic carbocycles. The second-order valence-corrected chi connectivity index (χ2v) is 5.32. The van der Waals surface area contributed by atoms with Gasteiger partial charge in [-0.3, -0.25) is 0 Å². The van der Waals surface area contributed by atoms with Crippen molar-refractivity contribution in [3.8, 4) is 0 Å². The van der Waals surface area contributed by atoms with Gasteiger partial charge in [-0.25, -0.2) is 4.79 Å². The lowest BCUT2D eigenvalue weighted by Gasteiger charge is -2.29. The molecule has 20 heavy (non-hydrogen) atoms. The summed E-state index contributed by atoms with van der Waals surface area (Å²) in [7, 11) is 0. The molecular formula is C16H20N2O2. The lowest BCUT2D eigenvalue weighted by atomic mass is 10.0. The van der Waals surface area contributed by atoms with Gasteiger partial charge in [0.2, 0.25) is 0 Å². The van der Waals surface area contributed by atoms with Crippen LogP contribution in [-0.2, 0) is 4.74 Å². The van der Waals surface area contributed by atoms with E-state index in [1.807, 2.05) is 23.1 Å². The molecule has 1 aromatic carbocycles. The van der Waals surface area contributed by atoms with Crippen LogP contribution in [0.3, 0.4) is 0 Å². The van der Waals surface area contributed by atoms with Gasteiger partial charge in [0.1, 0.15) is 0 Å². The van der Waals surface area contributed by atoms with Crippen molar-refractivity contribution in [2.45, 2.75) is 18.9 Å². The van der Waals surface area contributed by atoms with Crippen LogP contribution in [0.2, 0.25) is 0 Å². The summed E-state index contributed by atoms with van der Waals surface area (Å²) in [6.45, 7) is 2.86. The highest BCUT2D eigenvalue weighted by Crippen LogP contribution is 2.20. The van der Waals surface area contributed by atoms with E-state index in [9.17, 15) is 4.79 Å². The Labute approximate surface area is 119 Å². The highest BCUT2D eigenvalue weighted by Gasteiger charge is 2.23. The smallest absolute Gasteiger partial charge is 0.318 e. The van der Waals surface area contributed by atoms with E-state index in [0.29, 0.717) is 13.2 Å². The number of benzene rings is 1. The molecule has 1 saturated heterocycles. The Morgan fingerprint density at radius 1 is 1.30 bits per heavy atom. The summed E-state index contributed by atoms with van der Waals surface area (Å²) < 4.78 is 5.29. The predicted octanol–water partition coefficient (Wildman–Crippen LogP) is 2.27. The molecule has 0 unspecified atom stereocenters. The van der Waals surface area contributed by atoms with Gasteiger partial charge in [0, 0.05) is 19.7 Å². The SMILES string of the molecule is O=C(N[C@H]1CCOC1)N1CCC=C(c2ccccc2)C1. The van der Waals surface area contributed by atoms with E-state index in [1.165, 1.54) is 11.1 Å². The van der Waals surface area contributed by atoms with E-state index in [0.717, 1.165) is 26.0 Å². The molecule has 2 amide bonds. The molecule has 0 bridgehead atoms. The summed E-state index contributed by atoms with van der Waals surface area (Å²) in [5.41, 5.74) is 2.43. The van der Waals surface area contributed by atoms with Crippen molar-refractivity contribution in [2.75, 3.05) is 26.3 Å². The average Bonchev–Trinajstić information content (AvgIpc) is 3.01. The van der Waals surface area contributed by atoms with Crippen LogP contribution < -0.4 is 5.32 Å². The molecule has 0 aromatic heterocycles. The lowest BCUT2D eigenvalue weighted by molar-refractivity contribution is 0.180. The molecule has 2 aliphatic heterocycles. The van der Waals surface area contributed by atoms with Gasteiger partial charge >= 0.3 is 6.03 Å². The first-order chi connectivity index (χ1) is 9.83. The number of nitrogens with zero attached hydrogens (tertiary/aromatic N) is 1. The fraction of sp³-hybridized carbons (Fsp3) is 0.438. The minimum Gasteiger partial charge on any atom is -0.379 e. The topological polar surface area (TPSA) is 41.6 Å². The fourth-order valence-electron chi connectivity index (χ4n) is 2.69. The van der Waals surface area contributed by atoms with Crippen molar-refractivity contribution in [1.29, 1.82) is 0 Å². The molecule has 4 heteroatoms. The van der Waals surface area contributed by atoms with Crippen LogP contribution in [0.4, 0.5) is 4.79 Å². The van der Waals surface area contributed by atoms with E-state index in [1.54, 1.807) is 0 Å². The van der Waals surface area contributed by atoms with Gasteiger partial charge < -0.3 is 15.0 Å². The van der Waals surface area contributed by atoms with Crippen LogP contribution in [0.1, 0.15) is 18.4 Å². The Balaban J connectivity index is 1.62. The third-order valence-electron chi connectivity index (χ3n) is 3.84. The minimum absolute atomic E-state index is 0.0297. The first-order valence-corrected chi connectivity index (χ1v) is 7.20. The van der Waals surface area contributed by atoms with Gasteiger partial charge in [-0.1, -0.05) is 36.4 Å². The Hall–Kier alpha value is -1.81. The number of amides is 2. The third kappa shape index (κ3) is 3.02. The molecule has 106 valence electrons. The quantitative estimate of drug-likeness (QED) is 0.897. The summed E-state index contributed by atoms with van der Waals surface area (Å²) in [6, 6.07) is 10.5. The number of carbonyl (C=O) groups excluding carboxylic acids is 1. The largest absolute Gasteiger partial charge is 0.379 e. The number of nitrogens with one attached hydrogen (secondary N) is 1. The van der Waals surface area contributed by atoms with Crippen molar-refractivity contribution in [3.63, 3.8) is 0 Å². The van der Waals surface area contributed by atoms with Crippen LogP contribution in [0.5, 0.6) is 0 Å². The van der Waals surface area contributed by atoms with Gasteiger partial charge in [0.25, 0.3) is 0 Å². The van der Waals surface area contributed by atoms with Gasteiger partial charge in [-0.05, 0) is 24.0 Å². The van der Waals surface area contributed by atoms with Crippen LogP contribution >= 0.6 is 0 Å². The Morgan fingerprint density at radius 3 is 2.90 bits per heavy atom. The van der Waals surface area contributed by atoms with Gasteiger partial charge in [0.05, 0.1) is 12.6 Å². The number of ether oxygens (including phenoxy) is 1. The molecule has 2 heterocycles. The Kier molecular flexibility index (Phi) is 4.02. The molecule has 0 spiro atoms. The monoisotopic (exact) mass is 272 g/mol. The normalized spacial score (nSPS) is 22.5. The lowest BCUT2D eigenvalue weighted by Crippen LogP contribution is -2.46. The van der Waals surface area contributed by atoms with Crippen LogP contribution in [0.15, 0.2) is 36.4 Å². The zero-order valence-electron chi connectivity index (χ0n) is 11.5. The number of hydrogen-bond acceptors (Lipinski definition) is 2. The van der Waals surface area contributed by atoms with E-state index in [-0.39, 0.29) is 12.1 Å². The highest BCUT2D eigenvalue weighted by atomic mass is 16.5. The number of rotatable bonds is 2. The van der Waals surface area contributed by atoms with Crippen molar-refractivity contribution in [1.82, 2.24) is 10.2 Å². The minimum atomic E-state index is 0.0297. The van der Waals surface area contributed by atoms with Crippen molar-refractivity contribution >= 4 is 11.6 Å². The molecule has 1 aromatic rings. The molecule has 4 nitrogen and oxygen atoms in total. The van der Waals surface area contributed by atoms with Gasteiger partial charge in [0.15, 0.2) is 0 Å². The maximum atomic E-state index is 12.3. The summed E-state index contributed by atoms with van der Waals surface area (Å²) in [5, 5.41) is 3.06. The van der Waals surface area contributed by atoms with Crippen LogP contribution in [-0.4, -0.2) is 43.3 Å². The van der Waals surface area contributed by atoms with E-state index >= 15 is 0 Å². The Bertz CT molecular complexity index is 492. The van der Waals surface area contributed by atoms with Gasteiger partial charge in [-0.15, -0.1) is 0 Å². The maximum Gasteiger partial charge on any atom is 0.318 e. The maximum absolute atomic E-state index is 12.3. The van der Waals surface area contributed by atoms with E-state index < -0.39 is 0 Å². The predicted molar refractivity (Wildman–Crippen MR) is 78.4 cm³/mol. The zero-order valence-corrected chi connectivity index (χ0v) is 11.5. The van der Waals surface area contributed by atoms with Crippen molar-refractivity contribution in [2.24, 2.45) is 0 Å². The molecular weight excluding hydrogens is 252 g/mol. The van der Waals surface area contributed by atoms with Crippen LogP contribution in [0, 0.1) is 0 Å². The average molecular weight is 272 g/mol. The number of hydrogen-bond donors (Lipinski definition) is 1. The summed E-state index contributed by atoms with van der Waals surface area (Å²) in [4.78, 5) is 14.2. The standard InChI is InChI=1S/C16H20N2O2/c19-16(17-15-8-10-20-12-15)18-9-4-7-14(11-18)13-5-2-1-3-6-13/h1-3,5-7,15H,4,8-12H2,(H,17,19)/t15-/m0/s1. The Morgan fingerprint density at radius 2 is 2.15 bits per heavy atom. The van der Waals surface area contributed by atoms with E-state index in [4.69, 9.17) is 4.74 Å². The molecule has 0 radical (unpaired) electrons. The molecule has 2 aliphatic rings. The second kappa shape index (κ2) is 6.09. The molecule has 1 atom stereocenters.